The molecule has 4 rings (SSSR count). The highest BCUT2D eigenvalue weighted by Gasteiger charge is 2.28. The molecule has 128 valence electrons. The predicted molar refractivity (Wildman–Crippen MR) is 92.3 cm³/mol. The Morgan fingerprint density at radius 1 is 1.36 bits per heavy atom. The van der Waals surface area contributed by atoms with E-state index in [1.807, 2.05) is 36.4 Å². The molecule has 2 aromatic heterocycles. The van der Waals surface area contributed by atoms with Gasteiger partial charge in [0.1, 0.15) is 0 Å². The zero-order valence-electron chi connectivity index (χ0n) is 13.9. The Hall–Kier alpha value is -2.73. The monoisotopic (exact) mass is 337 g/mol. The second-order valence-corrected chi connectivity index (χ2v) is 6.45. The summed E-state index contributed by atoms with van der Waals surface area (Å²) in [6.45, 7) is 1.93. The second-order valence-electron chi connectivity index (χ2n) is 6.45. The number of benzene rings is 1. The fourth-order valence-electron chi connectivity index (χ4n) is 2.96. The van der Waals surface area contributed by atoms with Crippen molar-refractivity contribution in [1.29, 1.82) is 0 Å². The highest BCUT2D eigenvalue weighted by atomic mass is 16.5. The van der Waals surface area contributed by atoms with Crippen molar-refractivity contribution < 1.29 is 14.4 Å². The molecule has 2 N–H and O–H groups in total. The summed E-state index contributed by atoms with van der Waals surface area (Å²) in [5.41, 5.74) is 3.18. The van der Waals surface area contributed by atoms with E-state index in [-0.39, 0.29) is 12.5 Å². The normalized spacial score (nSPS) is 15.3. The van der Waals surface area contributed by atoms with Crippen molar-refractivity contribution in [3.05, 3.63) is 58.9 Å². The summed E-state index contributed by atoms with van der Waals surface area (Å²) in [4.78, 5) is 17.2. The van der Waals surface area contributed by atoms with E-state index in [9.17, 15) is 9.90 Å². The van der Waals surface area contributed by atoms with E-state index >= 15 is 0 Å². The van der Waals surface area contributed by atoms with Gasteiger partial charge in [-0.1, -0.05) is 35.5 Å². The fraction of sp³-hybridized carbons (Fsp3) is 0.316. The SMILES string of the molecule is Cc1noc2nc(C3CC3)cc(C(=O)NC[C@@H](O)c3ccccc3)c12. The van der Waals surface area contributed by atoms with Crippen LogP contribution in [0.3, 0.4) is 0 Å². The number of nitrogens with one attached hydrogen (secondary N) is 1. The number of carbonyl (C=O) groups is 1. The summed E-state index contributed by atoms with van der Waals surface area (Å²) < 4.78 is 5.26. The summed E-state index contributed by atoms with van der Waals surface area (Å²) >= 11 is 0. The second kappa shape index (κ2) is 6.29. The van der Waals surface area contributed by atoms with E-state index < -0.39 is 6.10 Å². The smallest absolute Gasteiger partial charge is 0.259 e. The molecule has 25 heavy (non-hydrogen) atoms. The van der Waals surface area contributed by atoms with Crippen LogP contribution in [0.15, 0.2) is 40.9 Å². The Balaban J connectivity index is 1.58. The van der Waals surface area contributed by atoms with Gasteiger partial charge in [-0.05, 0) is 31.4 Å². The van der Waals surface area contributed by atoms with Gasteiger partial charge in [0.15, 0.2) is 0 Å². The first-order chi connectivity index (χ1) is 12.1. The Kier molecular flexibility index (Phi) is 3.97. The van der Waals surface area contributed by atoms with E-state index in [1.54, 1.807) is 6.92 Å². The number of aliphatic hydroxyl groups is 1. The van der Waals surface area contributed by atoms with Gasteiger partial charge in [-0.3, -0.25) is 4.79 Å². The third kappa shape index (κ3) is 3.13. The number of rotatable bonds is 5. The first-order valence-corrected chi connectivity index (χ1v) is 8.41. The van der Waals surface area contributed by atoms with Gasteiger partial charge < -0.3 is 14.9 Å². The van der Waals surface area contributed by atoms with Gasteiger partial charge in [-0.25, -0.2) is 4.98 Å². The van der Waals surface area contributed by atoms with Crippen LogP contribution in [0.4, 0.5) is 0 Å². The van der Waals surface area contributed by atoms with Crippen LogP contribution in [0.2, 0.25) is 0 Å². The molecule has 2 heterocycles. The molecule has 1 fully saturated rings. The molecular weight excluding hydrogens is 318 g/mol. The highest BCUT2D eigenvalue weighted by Crippen LogP contribution is 2.40. The molecule has 0 aliphatic heterocycles. The lowest BCUT2D eigenvalue weighted by Crippen LogP contribution is -2.28. The first kappa shape index (κ1) is 15.8. The standard InChI is InChI=1S/C19H19N3O3/c1-11-17-14(9-15(12-7-8-12)21-19(17)25-22-11)18(24)20-10-16(23)13-5-3-2-4-6-13/h2-6,9,12,16,23H,7-8,10H2,1H3,(H,20,24)/t16-/m1/s1. The summed E-state index contributed by atoms with van der Waals surface area (Å²) in [5, 5.41) is 17.6. The molecule has 0 radical (unpaired) electrons. The quantitative estimate of drug-likeness (QED) is 0.747. The van der Waals surface area contributed by atoms with Crippen LogP contribution in [0, 0.1) is 6.92 Å². The van der Waals surface area contributed by atoms with E-state index in [0.717, 1.165) is 24.1 Å². The molecule has 0 saturated heterocycles. The van der Waals surface area contributed by atoms with Crippen LogP contribution in [0.5, 0.6) is 0 Å². The van der Waals surface area contributed by atoms with Crippen LogP contribution >= 0.6 is 0 Å². The van der Waals surface area contributed by atoms with Crippen molar-refractivity contribution in [3.8, 4) is 0 Å². The maximum Gasteiger partial charge on any atom is 0.259 e. The average molecular weight is 337 g/mol. The Bertz CT molecular complexity index is 916. The zero-order chi connectivity index (χ0) is 17.4. The Morgan fingerprint density at radius 3 is 2.84 bits per heavy atom. The van der Waals surface area contributed by atoms with Gasteiger partial charge in [-0.2, -0.15) is 0 Å². The largest absolute Gasteiger partial charge is 0.387 e. The zero-order valence-corrected chi connectivity index (χ0v) is 13.9. The molecule has 1 atom stereocenters. The molecule has 6 nitrogen and oxygen atoms in total. The minimum absolute atomic E-state index is 0.135. The Morgan fingerprint density at radius 2 is 2.12 bits per heavy atom. The summed E-state index contributed by atoms with van der Waals surface area (Å²) in [6.07, 6.45) is 1.41. The molecular formula is C19H19N3O3. The van der Waals surface area contributed by atoms with Crippen molar-refractivity contribution >= 4 is 17.0 Å². The molecule has 0 spiro atoms. The van der Waals surface area contributed by atoms with Gasteiger partial charge in [0.2, 0.25) is 0 Å². The summed E-state index contributed by atoms with van der Waals surface area (Å²) in [6, 6.07) is 11.1. The average Bonchev–Trinajstić information content (AvgIpc) is 3.43. The van der Waals surface area contributed by atoms with Gasteiger partial charge in [0, 0.05) is 18.2 Å². The molecule has 6 heteroatoms. The van der Waals surface area contributed by atoms with Crippen LogP contribution < -0.4 is 5.32 Å². The van der Waals surface area contributed by atoms with Crippen molar-refractivity contribution in [2.75, 3.05) is 6.54 Å². The topological polar surface area (TPSA) is 88.2 Å². The number of aryl methyl sites for hydroxylation is 1. The lowest BCUT2D eigenvalue weighted by atomic mass is 10.1. The predicted octanol–water partition coefficient (Wildman–Crippen LogP) is 2.87. The van der Waals surface area contributed by atoms with Crippen molar-refractivity contribution in [2.45, 2.75) is 31.8 Å². The lowest BCUT2D eigenvalue weighted by Gasteiger charge is -2.13. The van der Waals surface area contributed by atoms with Crippen molar-refractivity contribution in [3.63, 3.8) is 0 Å². The molecule has 3 aromatic rings. The number of carbonyl (C=O) groups excluding carboxylic acids is 1. The van der Waals surface area contributed by atoms with Crippen molar-refractivity contribution in [2.24, 2.45) is 0 Å². The number of amides is 1. The third-order valence-electron chi connectivity index (χ3n) is 4.52. The number of aliphatic hydroxyl groups excluding tert-OH is 1. The van der Waals surface area contributed by atoms with Crippen LogP contribution in [-0.2, 0) is 0 Å². The van der Waals surface area contributed by atoms with E-state index in [1.165, 1.54) is 0 Å². The molecule has 0 unspecified atom stereocenters. The third-order valence-corrected chi connectivity index (χ3v) is 4.52. The maximum atomic E-state index is 12.7. The molecule has 1 aliphatic rings. The van der Waals surface area contributed by atoms with Crippen LogP contribution in [-0.4, -0.2) is 27.7 Å². The van der Waals surface area contributed by atoms with E-state index in [4.69, 9.17) is 4.52 Å². The minimum Gasteiger partial charge on any atom is -0.387 e. The van der Waals surface area contributed by atoms with Gasteiger partial charge in [-0.15, -0.1) is 0 Å². The minimum atomic E-state index is -0.756. The maximum absolute atomic E-state index is 12.7. The number of fused-ring (bicyclic) bond motifs is 1. The van der Waals surface area contributed by atoms with Gasteiger partial charge in [0.05, 0.1) is 22.7 Å². The number of nitrogens with zero attached hydrogens (tertiary/aromatic N) is 2. The van der Waals surface area contributed by atoms with E-state index in [0.29, 0.717) is 28.3 Å². The van der Waals surface area contributed by atoms with Crippen LogP contribution in [0.1, 0.15) is 52.2 Å². The number of hydrogen-bond acceptors (Lipinski definition) is 5. The molecule has 1 aromatic carbocycles. The Labute approximate surface area is 144 Å². The molecule has 0 bridgehead atoms. The van der Waals surface area contributed by atoms with Crippen molar-refractivity contribution in [1.82, 2.24) is 15.5 Å². The van der Waals surface area contributed by atoms with Gasteiger partial charge >= 0.3 is 0 Å². The summed E-state index contributed by atoms with van der Waals surface area (Å²) in [7, 11) is 0. The van der Waals surface area contributed by atoms with E-state index in [2.05, 4.69) is 15.5 Å². The summed E-state index contributed by atoms with van der Waals surface area (Å²) in [5.74, 6) is 0.145. The number of aromatic nitrogens is 2. The molecule has 1 saturated carbocycles. The fourth-order valence-corrected chi connectivity index (χ4v) is 2.96. The molecule has 1 amide bonds. The number of hydrogen-bond donors (Lipinski definition) is 2. The highest BCUT2D eigenvalue weighted by molar-refractivity contribution is 6.06. The van der Waals surface area contributed by atoms with Crippen LogP contribution in [0.25, 0.3) is 11.1 Å². The molecule has 1 aliphatic carbocycles. The van der Waals surface area contributed by atoms with Gasteiger partial charge in [0.25, 0.3) is 11.6 Å². The first-order valence-electron chi connectivity index (χ1n) is 8.41. The number of pyridine rings is 1. The lowest BCUT2D eigenvalue weighted by molar-refractivity contribution is 0.0917.